The molecule has 1 amide bonds. The zero-order valence-electron chi connectivity index (χ0n) is 17.0. The smallest absolute Gasteiger partial charge is 0.223 e. The van der Waals surface area contributed by atoms with E-state index in [9.17, 15) is 4.79 Å². The Morgan fingerprint density at radius 1 is 1.13 bits per heavy atom. The topological polar surface area (TPSA) is 89.9 Å². The van der Waals surface area contributed by atoms with Crippen LogP contribution < -0.4 is 0 Å². The molecule has 0 radical (unpaired) electrons. The Labute approximate surface area is 179 Å². The fraction of sp³-hybridized carbons (Fsp3) is 0.476. The van der Waals surface area contributed by atoms with Crippen molar-refractivity contribution in [1.29, 1.82) is 0 Å². The number of hydrogen-bond donors (Lipinski definition) is 0. The molecule has 5 rings (SSSR count). The molecule has 1 fully saturated rings. The molecule has 0 atom stereocenters. The average Bonchev–Trinajstić information content (AvgIpc) is 3.30. The van der Waals surface area contributed by atoms with Crippen molar-refractivity contribution in [2.45, 2.75) is 64.5 Å². The van der Waals surface area contributed by atoms with Crippen LogP contribution in [-0.4, -0.2) is 35.7 Å². The van der Waals surface area contributed by atoms with Crippen molar-refractivity contribution in [3.05, 3.63) is 52.1 Å². The second-order valence-electron chi connectivity index (χ2n) is 8.18. The zero-order chi connectivity index (χ0) is 20.8. The Balaban J connectivity index is 1.47. The maximum Gasteiger partial charge on any atom is 0.223 e. The minimum Gasteiger partial charge on any atom is -0.340 e. The first kappa shape index (κ1) is 19.2. The second-order valence-corrected chi connectivity index (χ2v) is 8.61. The minimum absolute atomic E-state index is 0.00911. The van der Waals surface area contributed by atoms with Crippen molar-refractivity contribution >= 4 is 17.5 Å². The van der Waals surface area contributed by atoms with Gasteiger partial charge in [0.05, 0.1) is 12.2 Å². The molecule has 0 N–H and O–H groups in total. The molecule has 8 nitrogen and oxygen atoms in total. The molecule has 30 heavy (non-hydrogen) atoms. The second kappa shape index (κ2) is 7.50. The van der Waals surface area contributed by atoms with E-state index in [0.29, 0.717) is 35.8 Å². The maximum absolute atomic E-state index is 12.2. The Morgan fingerprint density at radius 3 is 2.60 bits per heavy atom. The average molecular weight is 427 g/mol. The maximum atomic E-state index is 12.2. The van der Waals surface area contributed by atoms with Crippen LogP contribution in [-0.2, 0) is 17.9 Å². The van der Waals surface area contributed by atoms with Gasteiger partial charge in [0.25, 0.3) is 0 Å². The third-order valence-electron chi connectivity index (χ3n) is 6.18. The number of fused-ring (bicyclic) bond motifs is 3. The Bertz CT molecular complexity index is 1100. The highest BCUT2D eigenvalue weighted by molar-refractivity contribution is 6.30. The fourth-order valence-corrected chi connectivity index (χ4v) is 4.80. The van der Waals surface area contributed by atoms with Crippen molar-refractivity contribution in [2.75, 3.05) is 0 Å². The molecule has 1 aliphatic carbocycles. The number of carbonyl (C=O) groups excluding carboxylic acids is 1. The lowest BCUT2D eigenvalue weighted by atomic mass is 9.81. The molecule has 1 saturated carbocycles. The molecular weight excluding hydrogens is 404 g/mol. The SMILES string of the molecule is CC(=O)N1Cc2cc(Cl)ccc2-n2c(nnc2[C@H]2CC[C@H](c3noc(C)n3)CC2)C1. The summed E-state index contributed by atoms with van der Waals surface area (Å²) in [7, 11) is 0. The molecule has 1 aromatic carbocycles. The van der Waals surface area contributed by atoms with Crippen LogP contribution in [0, 0.1) is 6.92 Å². The van der Waals surface area contributed by atoms with E-state index in [2.05, 4.69) is 24.9 Å². The Morgan fingerprint density at radius 2 is 1.90 bits per heavy atom. The zero-order valence-corrected chi connectivity index (χ0v) is 17.8. The molecule has 0 unspecified atom stereocenters. The predicted molar refractivity (Wildman–Crippen MR) is 109 cm³/mol. The molecule has 0 saturated heterocycles. The minimum atomic E-state index is 0.00911. The summed E-state index contributed by atoms with van der Waals surface area (Å²) in [5.74, 6) is 3.80. The summed E-state index contributed by atoms with van der Waals surface area (Å²) in [6.45, 7) is 4.35. The summed E-state index contributed by atoms with van der Waals surface area (Å²) in [5.41, 5.74) is 2.02. The monoisotopic (exact) mass is 426 g/mol. The molecule has 1 aliphatic heterocycles. The van der Waals surface area contributed by atoms with Crippen LogP contribution in [0.2, 0.25) is 5.02 Å². The number of aromatic nitrogens is 5. The summed E-state index contributed by atoms with van der Waals surface area (Å²) in [6, 6.07) is 5.82. The number of amides is 1. The predicted octanol–water partition coefficient (Wildman–Crippen LogP) is 3.92. The lowest BCUT2D eigenvalue weighted by molar-refractivity contribution is -0.130. The fourth-order valence-electron chi connectivity index (χ4n) is 4.60. The van der Waals surface area contributed by atoms with E-state index < -0.39 is 0 Å². The molecule has 156 valence electrons. The van der Waals surface area contributed by atoms with Crippen molar-refractivity contribution in [2.24, 2.45) is 0 Å². The number of hydrogen-bond acceptors (Lipinski definition) is 6. The summed E-state index contributed by atoms with van der Waals surface area (Å²) < 4.78 is 7.29. The molecule has 2 aliphatic rings. The highest BCUT2D eigenvalue weighted by Gasteiger charge is 2.32. The number of rotatable bonds is 2. The molecule has 2 aromatic heterocycles. The van der Waals surface area contributed by atoms with Gasteiger partial charge in [0.1, 0.15) is 5.82 Å². The van der Waals surface area contributed by atoms with Gasteiger partial charge in [-0.15, -0.1) is 10.2 Å². The number of carbonyl (C=O) groups is 1. The van der Waals surface area contributed by atoms with Gasteiger partial charge in [-0.3, -0.25) is 9.36 Å². The van der Waals surface area contributed by atoms with E-state index in [0.717, 1.165) is 54.4 Å². The van der Waals surface area contributed by atoms with E-state index in [1.807, 2.05) is 25.1 Å². The Kier molecular flexibility index (Phi) is 4.81. The summed E-state index contributed by atoms with van der Waals surface area (Å²) in [6.07, 6.45) is 3.93. The summed E-state index contributed by atoms with van der Waals surface area (Å²) in [4.78, 5) is 18.3. The largest absolute Gasteiger partial charge is 0.340 e. The first-order valence-electron chi connectivity index (χ1n) is 10.3. The number of benzene rings is 1. The number of nitrogens with zero attached hydrogens (tertiary/aromatic N) is 6. The lowest BCUT2D eigenvalue weighted by Crippen LogP contribution is -2.27. The van der Waals surface area contributed by atoms with Gasteiger partial charge < -0.3 is 9.42 Å². The molecule has 0 bridgehead atoms. The standard InChI is InChI=1S/C21H23ClN6O2/c1-12-23-20(26-30-12)14-3-5-15(6-4-14)21-25-24-19-11-27(13(2)29)10-16-9-17(22)7-8-18(16)28(19)21/h7-9,14-15H,3-6,10-11H2,1-2H3/t14-,15-. The van der Waals surface area contributed by atoms with Gasteiger partial charge in [-0.25, -0.2) is 0 Å². The summed E-state index contributed by atoms with van der Waals surface area (Å²) >= 11 is 6.26. The van der Waals surface area contributed by atoms with Crippen LogP contribution in [0.3, 0.4) is 0 Å². The van der Waals surface area contributed by atoms with Crippen LogP contribution in [0.5, 0.6) is 0 Å². The van der Waals surface area contributed by atoms with Crippen LogP contribution in [0.1, 0.15) is 73.4 Å². The highest BCUT2D eigenvalue weighted by atomic mass is 35.5. The highest BCUT2D eigenvalue weighted by Crippen LogP contribution is 2.40. The number of halogens is 1. The van der Waals surface area contributed by atoms with Crippen LogP contribution in [0.25, 0.3) is 5.69 Å². The van der Waals surface area contributed by atoms with Gasteiger partial charge in [0, 0.05) is 37.3 Å². The van der Waals surface area contributed by atoms with E-state index in [4.69, 9.17) is 16.1 Å². The van der Waals surface area contributed by atoms with Crippen LogP contribution in [0.15, 0.2) is 22.7 Å². The van der Waals surface area contributed by atoms with Gasteiger partial charge in [-0.2, -0.15) is 4.98 Å². The van der Waals surface area contributed by atoms with Gasteiger partial charge in [0.2, 0.25) is 11.8 Å². The van der Waals surface area contributed by atoms with E-state index in [1.54, 1.807) is 11.8 Å². The normalized spacial score (nSPS) is 21.1. The van der Waals surface area contributed by atoms with Crippen LogP contribution >= 0.6 is 11.6 Å². The van der Waals surface area contributed by atoms with E-state index in [-0.39, 0.29) is 5.91 Å². The lowest BCUT2D eigenvalue weighted by Gasteiger charge is -2.26. The first-order chi connectivity index (χ1) is 14.5. The molecule has 9 heteroatoms. The molecule has 0 spiro atoms. The van der Waals surface area contributed by atoms with Gasteiger partial charge >= 0.3 is 0 Å². The first-order valence-corrected chi connectivity index (χ1v) is 10.7. The van der Waals surface area contributed by atoms with Crippen molar-refractivity contribution < 1.29 is 9.32 Å². The quantitative estimate of drug-likeness (QED) is 0.617. The van der Waals surface area contributed by atoms with E-state index in [1.165, 1.54) is 0 Å². The van der Waals surface area contributed by atoms with Crippen molar-refractivity contribution in [3.63, 3.8) is 0 Å². The van der Waals surface area contributed by atoms with E-state index >= 15 is 0 Å². The number of aryl methyl sites for hydroxylation is 1. The molecular formula is C21H23ClN6O2. The third-order valence-corrected chi connectivity index (χ3v) is 6.41. The Hall–Kier alpha value is -2.74. The van der Waals surface area contributed by atoms with Gasteiger partial charge in [0.15, 0.2) is 11.6 Å². The third kappa shape index (κ3) is 3.39. The van der Waals surface area contributed by atoms with Gasteiger partial charge in [-0.05, 0) is 49.4 Å². The van der Waals surface area contributed by atoms with Crippen LogP contribution in [0.4, 0.5) is 0 Å². The molecule has 3 heterocycles. The summed E-state index contributed by atoms with van der Waals surface area (Å²) in [5, 5.41) is 13.8. The molecule has 3 aromatic rings. The van der Waals surface area contributed by atoms with Crippen molar-refractivity contribution in [1.82, 2.24) is 29.8 Å². The van der Waals surface area contributed by atoms with Crippen molar-refractivity contribution in [3.8, 4) is 5.69 Å². The van der Waals surface area contributed by atoms with Gasteiger partial charge in [-0.1, -0.05) is 16.8 Å².